The molecule has 4 aromatic rings. The molecule has 0 aliphatic carbocycles. The number of anilines is 1. The zero-order valence-electron chi connectivity index (χ0n) is 14.8. The van der Waals surface area contributed by atoms with Crippen LogP contribution in [0.15, 0.2) is 42.5 Å². The van der Waals surface area contributed by atoms with Crippen molar-refractivity contribution in [2.24, 2.45) is 0 Å². The van der Waals surface area contributed by atoms with Gasteiger partial charge in [0.2, 0.25) is 0 Å². The largest absolute Gasteiger partial charge is 0.489 e. The Hall–Kier alpha value is -2.83. The Morgan fingerprint density at radius 2 is 1.96 bits per heavy atom. The first-order valence-corrected chi connectivity index (χ1v) is 9.05. The summed E-state index contributed by atoms with van der Waals surface area (Å²) in [5, 5.41) is 1.59. The van der Waals surface area contributed by atoms with Gasteiger partial charge in [-0.2, -0.15) is 0 Å². The lowest BCUT2D eigenvalue weighted by Gasteiger charge is -2.09. The average molecular weight is 383 g/mol. The van der Waals surface area contributed by atoms with E-state index >= 15 is 0 Å². The molecule has 7 heteroatoms. The van der Waals surface area contributed by atoms with Gasteiger partial charge in [0, 0.05) is 28.6 Å². The van der Waals surface area contributed by atoms with Gasteiger partial charge in [-0.05, 0) is 25.1 Å². The van der Waals surface area contributed by atoms with Crippen LogP contribution >= 0.6 is 11.6 Å². The summed E-state index contributed by atoms with van der Waals surface area (Å²) in [5.41, 5.74) is 9.28. The fourth-order valence-corrected chi connectivity index (χ4v) is 3.12. The maximum atomic E-state index is 6.18. The van der Waals surface area contributed by atoms with Gasteiger partial charge in [-0.25, -0.2) is 9.97 Å². The number of benzene rings is 2. The maximum absolute atomic E-state index is 6.18. The highest BCUT2D eigenvalue weighted by Crippen LogP contribution is 2.29. The summed E-state index contributed by atoms with van der Waals surface area (Å²) in [6.45, 7) is 3.35. The van der Waals surface area contributed by atoms with Crippen molar-refractivity contribution < 1.29 is 9.47 Å². The van der Waals surface area contributed by atoms with Gasteiger partial charge in [0.15, 0.2) is 0 Å². The molecule has 4 rings (SSSR count). The Morgan fingerprint density at radius 3 is 2.78 bits per heavy atom. The molecule has 0 atom stereocenters. The first-order valence-electron chi connectivity index (χ1n) is 8.67. The normalized spacial score (nSPS) is 11.3. The molecule has 0 saturated carbocycles. The van der Waals surface area contributed by atoms with Gasteiger partial charge in [-0.3, -0.25) is 0 Å². The number of pyridine rings is 1. The summed E-state index contributed by atoms with van der Waals surface area (Å²) in [6.07, 6.45) is 0. The fourth-order valence-electron chi connectivity index (χ4n) is 2.93. The molecule has 0 spiro atoms. The Balaban J connectivity index is 1.66. The third kappa shape index (κ3) is 3.54. The first kappa shape index (κ1) is 17.6. The number of imidazole rings is 1. The van der Waals surface area contributed by atoms with Crippen molar-refractivity contribution in [1.29, 1.82) is 0 Å². The number of nitrogen functional groups attached to an aromatic ring is 1. The van der Waals surface area contributed by atoms with Crippen molar-refractivity contribution in [3.63, 3.8) is 0 Å². The van der Waals surface area contributed by atoms with Gasteiger partial charge in [-0.15, -0.1) is 0 Å². The molecule has 27 heavy (non-hydrogen) atoms. The minimum absolute atomic E-state index is 0.379. The second-order valence-corrected chi connectivity index (χ2v) is 6.51. The van der Waals surface area contributed by atoms with Crippen molar-refractivity contribution in [2.75, 3.05) is 12.3 Å². The van der Waals surface area contributed by atoms with E-state index in [9.17, 15) is 0 Å². The molecule has 3 N–H and O–H groups in total. The zero-order valence-corrected chi connectivity index (χ0v) is 15.6. The molecule has 2 heterocycles. The number of fused-ring (bicyclic) bond motifs is 3. The van der Waals surface area contributed by atoms with E-state index in [0.717, 1.165) is 33.3 Å². The van der Waals surface area contributed by atoms with Crippen LogP contribution in [-0.4, -0.2) is 21.6 Å². The number of rotatable bonds is 6. The fraction of sp³-hybridized carbons (Fsp3) is 0.200. The number of nitrogens with zero attached hydrogens (tertiary/aromatic N) is 2. The number of nitrogens with two attached hydrogens (primary N) is 1. The number of ether oxygens (including phenoxy) is 2. The van der Waals surface area contributed by atoms with E-state index in [2.05, 4.69) is 15.0 Å². The lowest BCUT2D eigenvalue weighted by Crippen LogP contribution is -1.97. The molecule has 0 radical (unpaired) electrons. The van der Waals surface area contributed by atoms with E-state index in [0.29, 0.717) is 36.4 Å². The highest BCUT2D eigenvalue weighted by Gasteiger charge is 2.12. The van der Waals surface area contributed by atoms with Gasteiger partial charge in [0.05, 0.1) is 5.52 Å². The molecular weight excluding hydrogens is 364 g/mol. The van der Waals surface area contributed by atoms with Crippen LogP contribution in [0.1, 0.15) is 18.3 Å². The van der Waals surface area contributed by atoms with Crippen molar-refractivity contribution in [1.82, 2.24) is 15.0 Å². The van der Waals surface area contributed by atoms with Gasteiger partial charge in [-0.1, -0.05) is 29.8 Å². The van der Waals surface area contributed by atoms with Crippen LogP contribution in [0.4, 0.5) is 5.82 Å². The third-order valence-electron chi connectivity index (χ3n) is 4.27. The van der Waals surface area contributed by atoms with Gasteiger partial charge in [0.25, 0.3) is 0 Å². The molecule has 138 valence electrons. The SMILES string of the molecule is CCOCc1nc2c([nH]1)c(N)nc1cc(OCc3ccccc3Cl)ccc12. The quantitative estimate of drug-likeness (QED) is 0.514. The smallest absolute Gasteiger partial charge is 0.150 e. The van der Waals surface area contributed by atoms with Crippen molar-refractivity contribution in [3.8, 4) is 5.75 Å². The zero-order chi connectivity index (χ0) is 18.8. The highest BCUT2D eigenvalue weighted by molar-refractivity contribution is 6.31. The Bertz CT molecular complexity index is 1110. The predicted molar refractivity (Wildman–Crippen MR) is 107 cm³/mol. The van der Waals surface area contributed by atoms with E-state index in [-0.39, 0.29) is 0 Å². The Kier molecular flexibility index (Phi) is 4.83. The van der Waals surface area contributed by atoms with Crippen LogP contribution in [0.5, 0.6) is 5.75 Å². The summed E-state index contributed by atoms with van der Waals surface area (Å²) in [5.74, 6) is 1.82. The number of halogens is 1. The van der Waals surface area contributed by atoms with Crippen molar-refractivity contribution in [2.45, 2.75) is 20.1 Å². The predicted octanol–water partition coefficient (Wildman–Crippen LogP) is 4.46. The molecule has 0 saturated heterocycles. The van der Waals surface area contributed by atoms with E-state index in [4.69, 9.17) is 26.8 Å². The van der Waals surface area contributed by atoms with Crippen LogP contribution in [-0.2, 0) is 18.0 Å². The van der Waals surface area contributed by atoms with E-state index in [1.807, 2.05) is 49.4 Å². The molecule has 0 fully saturated rings. The Morgan fingerprint density at radius 1 is 1.11 bits per heavy atom. The molecule has 0 amide bonds. The van der Waals surface area contributed by atoms with Gasteiger partial charge >= 0.3 is 0 Å². The molecule has 0 bridgehead atoms. The molecule has 0 aliphatic heterocycles. The number of aromatic nitrogens is 3. The monoisotopic (exact) mass is 382 g/mol. The molecule has 2 aromatic carbocycles. The summed E-state index contributed by atoms with van der Waals surface area (Å²) in [4.78, 5) is 12.3. The first-order chi connectivity index (χ1) is 13.2. The van der Waals surface area contributed by atoms with Crippen LogP contribution in [0.3, 0.4) is 0 Å². The van der Waals surface area contributed by atoms with Gasteiger partial charge in [0.1, 0.15) is 41.6 Å². The number of hydrogen-bond acceptors (Lipinski definition) is 5. The molecule has 6 nitrogen and oxygen atoms in total. The summed E-state index contributed by atoms with van der Waals surface area (Å²) in [6, 6.07) is 13.3. The second-order valence-electron chi connectivity index (χ2n) is 6.10. The van der Waals surface area contributed by atoms with Crippen molar-refractivity contribution >= 4 is 39.4 Å². The summed E-state index contributed by atoms with van der Waals surface area (Å²) in [7, 11) is 0. The average Bonchev–Trinajstić information content (AvgIpc) is 3.10. The van der Waals surface area contributed by atoms with Crippen LogP contribution < -0.4 is 10.5 Å². The second kappa shape index (κ2) is 7.42. The number of hydrogen-bond donors (Lipinski definition) is 2. The van der Waals surface area contributed by atoms with Gasteiger partial charge < -0.3 is 20.2 Å². The highest BCUT2D eigenvalue weighted by atomic mass is 35.5. The Labute approximate surface area is 161 Å². The summed E-state index contributed by atoms with van der Waals surface area (Å²) < 4.78 is 11.3. The topological polar surface area (TPSA) is 86.0 Å². The number of aromatic amines is 1. The maximum Gasteiger partial charge on any atom is 0.150 e. The van der Waals surface area contributed by atoms with Crippen LogP contribution in [0, 0.1) is 0 Å². The molecular formula is C20H19ClN4O2. The van der Waals surface area contributed by atoms with Crippen LogP contribution in [0.25, 0.3) is 21.9 Å². The van der Waals surface area contributed by atoms with Crippen LogP contribution in [0.2, 0.25) is 5.02 Å². The number of H-pyrrole nitrogens is 1. The lowest BCUT2D eigenvalue weighted by atomic mass is 10.2. The number of nitrogens with one attached hydrogen (secondary N) is 1. The molecule has 0 unspecified atom stereocenters. The van der Waals surface area contributed by atoms with E-state index in [1.54, 1.807) is 0 Å². The lowest BCUT2D eigenvalue weighted by molar-refractivity contribution is 0.129. The van der Waals surface area contributed by atoms with Crippen molar-refractivity contribution in [3.05, 3.63) is 58.9 Å². The summed E-state index contributed by atoms with van der Waals surface area (Å²) >= 11 is 6.18. The minimum Gasteiger partial charge on any atom is -0.489 e. The molecule has 0 aliphatic rings. The van der Waals surface area contributed by atoms with E-state index in [1.165, 1.54) is 0 Å². The standard InChI is InChI=1S/C20H19ClN4O2/c1-2-26-11-17-24-18-14-8-7-13(9-16(14)23-20(22)19(18)25-17)27-10-12-5-3-4-6-15(12)21/h3-9H,2,10-11H2,1H3,(H2,22,23)(H,24,25). The molecule has 2 aromatic heterocycles. The third-order valence-corrected chi connectivity index (χ3v) is 4.64. The minimum atomic E-state index is 0.379. The van der Waals surface area contributed by atoms with E-state index < -0.39 is 0 Å².